The lowest BCUT2D eigenvalue weighted by atomic mass is 10.1. The number of aryl methyl sites for hydroxylation is 3. The molecule has 0 fully saturated rings. The number of rotatable bonds is 4. The molecule has 0 saturated carbocycles. The molecule has 2 aromatic carbocycles. The molecule has 1 heterocycles. The zero-order valence-corrected chi connectivity index (χ0v) is 14.3. The van der Waals surface area contributed by atoms with Crippen LogP contribution in [0.1, 0.15) is 22.5 Å². The Hall–Kier alpha value is -2.40. The molecule has 0 unspecified atom stereocenters. The van der Waals surface area contributed by atoms with Gasteiger partial charge in [0.1, 0.15) is 12.4 Å². The van der Waals surface area contributed by atoms with Crippen molar-refractivity contribution in [2.45, 2.75) is 27.4 Å². The summed E-state index contributed by atoms with van der Waals surface area (Å²) >= 11 is 5.39. The number of aromatic nitrogens is 3. The Balaban J connectivity index is 1.94. The molecular formula is C18H19N3OS. The predicted molar refractivity (Wildman–Crippen MR) is 93.7 cm³/mol. The highest BCUT2D eigenvalue weighted by atomic mass is 32.1. The van der Waals surface area contributed by atoms with Gasteiger partial charge in [0, 0.05) is 0 Å². The van der Waals surface area contributed by atoms with Gasteiger partial charge in [-0.2, -0.15) is 5.10 Å². The van der Waals surface area contributed by atoms with Gasteiger partial charge >= 0.3 is 0 Å². The first-order valence-electron chi connectivity index (χ1n) is 7.49. The van der Waals surface area contributed by atoms with Crippen LogP contribution in [0, 0.1) is 25.5 Å². The Morgan fingerprint density at radius 3 is 2.35 bits per heavy atom. The minimum atomic E-state index is 0.354. The standard InChI is InChI=1S/C18H19N3OS/c1-12-7-4-5-10-15(12)21-16(19-20-18(21)23)11-22-17-13(2)8-6-9-14(17)3/h4-10H,11H2,1-3H3,(H,20,23). The number of hydrogen-bond donors (Lipinski definition) is 1. The smallest absolute Gasteiger partial charge is 0.199 e. The minimum absolute atomic E-state index is 0.354. The monoisotopic (exact) mass is 325 g/mol. The van der Waals surface area contributed by atoms with E-state index in [0.29, 0.717) is 11.4 Å². The maximum absolute atomic E-state index is 6.02. The van der Waals surface area contributed by atoms with E-state index in [1.165, 1.54) is 0 Å². The topological polar surface area (TPSA) is 42.8 Å². The molecule has 3 aromatic rings. The van der Waals surface area contributed by atoms with E-state index in [-0.39, 0.29) is 0 Å². The molecule has 0 spiro atoms. The maximum Gasteiger partial charge on any atom is 0.199 e. The van der Waals surface area contributed by atoms with Crippen LogP contribution in [0.5, 0.6) is 5.75 Å². The molecule has 0 bridgehead atoms. The molecule has 0 radical (unpaired) electrons. The highest BCUT2D eigenvalue weighted by molar-refractivity contribution is 7.71. The van der Waals surface area contributed by atoms with Crippen LogP contribution in [0.25, 0.3) is 5.69 Å². The lowest BCUT2D eigenvalue weighted by Crippen LogP contribution is -2.08. The first-order chi connectivity index (χ1) is 11.1. The Bertz CT molecular complexity index is 875. The predicted octanol–water partition coefficient (Wildman–Crippen LogP) is 4.43. The van der Waals surface area contributed by atoms with Gasteiger partial charge in [0.15, 0.2) is 10.6 Å². The molecule has 0 aliphatic heterocycles. The van der Waals surface area contributed by atoms with E-state index in [1.54, 1.807) is 0 Å². The molecule has 4 nitrogen and oxygen atoms in total. The fourth-order valence-electron chi connectivity index (χ4n) is 2.65. The normalized spacial score (nSPS) is 10.7. The van der Waals surface area contributed by atoms with Crippen LogP contribution in [-0.2, 0) is 6.61 Å². The van der Waals surface area contributed by atoms with E-state index in [9.17, 15) is 0 Å². The van der Waals surface area contributed by atoms with Crippen molar-refractivity contribution in [2.24, 2.45) is 0 Å². The van der Waals surface area contributed by atoms with Crippen molar-refractivity contribution in [3.05, 3.63) is 69.8 Å². The van der Waals surface area contributed by atoms with Crippen LogP contribution < -0.4 is 4.74 Å². The van der Waals surface area contributed by atoms with Crippen molar-refractivity contribution < 1.29 is 4.74 Å². The summed E-state index contributed by atoms with van der Waals surface area (Å²) in [7, 11) is 0. The van der Waals surface area contributed by atoms with Crippen LogP contribution in [0.3, 0.4) is 0 Å². The van der Waals surface area contributed by atoms with Crippen molar-refractivity contribution in [1.82, 2.24) is 14.8 Å². The quantitative estimate of drug-likeness (QED) is 0.721. The summed E-state index contributed by atoms with van der Waals surface area (Å²) in [4.78, 5) is 0. The molecule has 0 aliphatic carbocycles. The molecular weight excluding hydrogens is 306 g/mol. The number of hydrogen-bond acceptors (Lipinski definition) is 3. The summed E-state index contributed by atoms with van der Waals surface area (Å²) in [6, 6.07) is 14.2. The van der Waals surface area contributed by atoms with Gasteiger partial charge in [-0.3, -0.25) is 9.67 Å². The van der Waals surface area contributed by atoms with Gasteiger partial charge < -0.3 is 4.74 Å². The Morgan fingerprint density at radius 1 is 1.00 bits per heavy atom. The van der Waals surface area contributed by atoms with Crippen molar-refractivity contribution in [3.63, 3.8) is 0 Å². The summed E-state index contributed by atoms with van der Waals surface area (Å²) in [6.07, 6.45) is 0. The number of aromatic amines is 1. The Kier molecular flexibility index (Phi) is 4.30. The largest absolute Gasteiger partial charge is 0.485 e. The van der Waals surface area contributed by atoms with Crippen molar-refractivity contribution in [3.8, 4) is 11.4 Å². The third-order valence-corrected chi connectivity index (χ3v) is 4.13. The summed E-state index contributed by atoms with van der Waals surface area (Å²) in [6.45, 7) is 6.50. The van der Waals surface area contributed by atoms with E-state index in [4.69, 9.17) is 17.0 Å². The molecule has 1 N–H and O–H groups in total. The molecule has 0 aliphatic rings. The summed E-state index contributed by atoms with van der Waals surface area (Å²) in [5, 5.41) is 7.19. The van der Waals surface area contributed by atoms with Gasteiger partial charge in [0.25, 0.3) is 0 Å². The maximum atomic E-state index is 6.02. The summed E-state index contributed by atoms with van der Waals surface area (Å²) < 4.78 is 8.52. The Morgan fingerprint density at radius 2 is 1.65 bits per heavy atom. The van der Waals surface area contributed by atoms with Gasteiger partial charge in [0.2, 0.25) is 0 Å². The molecule has 0 saturated heterocycles. The van der Waals surface area contributed by atoms with Gasteiger partial charge in [-0.05, 0) is 55.7 Å². The zero-order chi connectivity index (χ0) is 16.4. The number of para-hydroxylation sites is 2. The first kappa shape index (κ1) is 15.5. The minimum Gasteiger partial charge on any atom is -0.485 e. The highest BCUT2D eigenvalue weighted by Crippen LogP contribution is 2.24. The SMILES string of the molecule is Cc1ccccc1-n1c(COc2c(C)cccc2C)n[nH]c1=S. The second kappa shape index (κ2) is 6.38. The van der Waals surface area contributed by atoms with Gasteiger partial charge in [-0.25, -0.2) is 0 Å². The molecule has 118 valence electrons. The number of ether oxygens (including phenoxy) is 1. The molecule has 23 heavy (non-hydrogen) atoms. The lowest BCUT2D eigenvalue weighted by molar-refractivity contribution is 0.289. The van der Waals surface area contributed by atoms with Crippen LogP contribution in [0.2, 0.25) is 0 Å². The van der Waals surface area contributed by atoms with Crippen LogP contribution >= 0.6 is 12.2 Å². The first-order valence-corrected chi connectivity index (χ1v) is 7.90. The Labute approximate surface area is 140 Å². The highest BCUT2D eigenvalue weighted by Gasteiger charge is 2.12. The van der Waals surface area contributed by atoms with E-state index in [1.807, 2.05) is 54.8 Å². The lowest BCUT2D eigenvalue weighted by Gasteiger charge is -2.13. The third kappa shape index (κ3) is 3.05. The van der Waals surface area contributed by atoms with Gasteiger partial charge in [0.05, 0.1) is 5.69 Å². The number of nitrogens with one attached hydrogen (secondary N) is 1. The third-order valence-electron chi connectivity index (χ3n) is 3.85. The van der Waals surface area contributed by atoms with Crippen molar-refractivity contribution >= 4 is 12.2 Å². The molecule has 0 atom stereocenters. The number of nitrogens with zero attached hydrogens (tertiary/aromatic N) is 2. The summed E-state index contributed by atoms with van der Waals surface area (Å²) in [5.41, 5.74) is 4.38. The molecule has 0 amide bonds. The molecule has 1 aromatic heterocycles. The second-order valence-electron chi connectivity index (χ2n) is 5.58. The van der Waals surface area contributed by atoms with Crippen molar-refractivity contribution in [2.75, 3.05) is 0 Å². The van der Waals surface area contributed by atoms with E-state index < -0.39 is 0 Å². The average molecular weight is 325 g/mol. The average Bonchev–Trinajstić information content (AvgIpc) is 2.88. The fourth-order valence-corrected chi connectivity index (χ4v) is 2.90. The van der Waals surface area contributed by atoms with Crippen LogP contribution in [-0.4, -0.2) is 14.8 Å². The molecule has 3 rings (SSSR count). The van der Waals surface area contributed by atoms with E-state index in [2.05, 4.69) is 23.2 Å². The van der Waals surface area contributed by atoms with E-state index >= 15 is 0 Å². The number of benzene rings is 2. The zero-order valence-electron chi connectivity index (χ0n) is 13.5. The second-order valence-corrected chi connectivity index (χ2v) is 5.96. The van der Waals surface area contributed by atoms with E-state index in [0.717, 1.165) is 34.0 Å². The molecule has 5 heteroatoms. The van der Waals surface area contributed by atoms with Gasteiger partial charge in [-0.15, -0.1) is 0 Å². The summed E-state index contributed by atoms with van der Waals surface area (Å²) in [5.74, 6) is 1.66. The van der Waals surface area contributed by atoms with Crippen LogP contribution in [0.15, 0.2) is 42.5 Å². The van der Waals surface area contributed by atoms with Gasteiger partial charge in [-0.1, -0.05) is 36.4 Å². The number of H-pyrrole nitrogens is 1. The van der Waals surface area contributed by atoms with Crippen LogP contribution in [0.4, 0.5) is 0 Å². The fraction of sp³-hybridized carbons (Fsp3) is 0.222. The van der Waals surface area contributed by atoms with Crippen molar-refractivity contribution in [1.29, 1.82) is 0 Å².